The molecule has 194 valence electrons. The van der Waals surface area contributed by atoms with Crippen molar-refractivity contribution in [2.45, 2.75) is 43.9 Å². The summed E-state index contributed by atoms with van der Waals surface area (Å²) >= 11 is 6.04. The molecule has 5 nitrogen and oxygen atoms in total. The summed E-state index contributed by atoms with van der Waals surface area (Å²) in [7, 11) is 1.09. The van der Waals surface area contributed by atoms with Gasteiger partial charge in [-0.1, -0.05) is 48.0 Å². The van der Waals surface area contributed by atoms with Crippen LogP contribution in [0.2, 0.25) is 5.02 Å². The molecular formula is C29H27ClF2O5. The first-order chi connectivity index (χ1) is 17.7. The Morgan fingerprint density at radius 2 is 1.73 bits per heavy atom. The number of esters is 2. The van der Waals surface area contributed by atoms with Gasteiger partial charge in [-0.15, -0.1) is 0 Å². The Bertz CT molecular complexity index is 1250. The summed E-state index contributed by atoms with van der Waals surface area (Å²) in [6.45, 7) is 1.15. The first-order valence-corrected chi connectivity index (χ1v) is 12.3. The monoisotopic (exact) mass is 528 g/mol. The summed E-state index contributed by atoms with van der Waals surface area (Å²) in [4.78, 5) is 25.2. The maximum absolute atomic E-state index is 17.3. The Balaban J connectivity index is 1.74. The van der Waals surface area contributed by atoms with E-state index in [0.717, 1.165) is 14.0 Å². The number of alkyl halides is 1. The molecule has 0 aliphatic heterocycles. The van der Waals surface area contributed by atoms with Crippen LogP contribution >= 0.6 is 11.6 Å². The van der Waals surface area contributed by atoms with Crippen LogP contribution in [0.5, 0.6) is 11.5 Å². The van der Waals surface area contributed by atoms with Crippen molar-refractivity contribution in [2.75, 3.05) is 7.11 Å². The summed E-state index contributed by atoms with van der Waals surface area (Å²) in [5, 5.41) is 0.467. The second-order valence-electron chi connectivity index (χ2n) is 9.11. The highest BCUT2D eigenvalue weighted by Crippen LogP contribution is 2.52. The summed E-state index contributed by atoms with van der Waals surface area (Å²) in [5.74, 6) is -3.29. The van der Waals surface area contributed by atoms with Crippen LogP contribution in [0.15, 0.2) is 72.8 Å². The second kappa shape index (κ2) is 11.3. The summed E-state index contributed by atoms with van der Waals surface area (Å²) in [5.41, 5.74) is -1.76. The van der Waals surface area contributed by atoms with Gasteiger partial charge in [0.1, 0.15) is 5.75 Å². The van der Waals surface area contributed by atoms with Gasteiger partial charge < -0.3 is 14.2 Å². The molecule has 4 rings (SSSR count). The summed E-state index contributed by atoms with van der Waals surface area (Å²) in [6.07, 6.45) is -0.357. The smallest absolute Gasteiger partial charge is 0.348 e. The second-order valence-corrected chi connectivity index (χ2v) is 9.54. The van der Waals surface area contributed by atoms with E-state index in [1.54, 1.807) is 54.6 Å². The molecule has 3 aromatic carbocycles. The molecule has 3 atom stereocenters. The van der Waals surface area contributed by atoms with E-state index in [-0.39, 0.29) is 18.1 Å². The third-order valence-corrected chi connectivity index (χ3v) is 6.69. The molecule has 0 radical (unpaired) electrons. The molecule has 0 saturated heterocycles. The fourth-order valence-corrected chi connectivity index (χ4v) is 4.76. The topological polar surface area (TPSA) is 61.8 Å². The number of carbonyl (C=O) groups is 2. The Kier molecular flexibility index (Phi) is 8.13. The van der Waals surface area contributed by atoms with Gasteiger partial charge in [0, 0.05) is 24.3 Å². The Morgan fingerprint density at radius 1 is 1.05 bits per heavy atom. The van der Waals surface area contributed by atoms with E-state index in [1.807, 2.05) is 0 Å². The van der Waals surface area contributed by atoms with E-state index in [0.29, 0.717) is 34.7 Å². The van der Waals surface area contributed by atoms with Gasteiger partial charge in [0.05, 0.1) is 7.11 Å². The molecule has 0 spiro atoms. The molecule has 1 aliphatic rings. The fourth-order valence-electron chi connectivity index (χ4n) is 4.63. The third kappa shape index (κ3) is 6.10. The lowest BCUT2D eigenvalue weighted by atomic mass is 9.75. The number of halogens is 3. The molecule has 0 aromatic heterocycles. The highest BCUT2D eigenvalue weighted by molar-refractivity contribution is 6.30. The first kappa shape index (κ1) is 26.6. The Morgan fingerprint density at radius 3 is 2.32 bits per heavy atom. The van der Waals surface area contributed by atoms with Gasteiger partial charge in [0.25, 0.3) is 5.67 Å². The summed E-state index contributed by atoms with van der Waals surface area (Å²) < 4.78 is 47.9. The van der Waals surface area contributed by atoms with E-state index in [4.69, 9.17) is 25.8 Å². The van der Waals surface area contributed by atoms with Gasteiger partial charge in [-0.2, -0.15) is 0 Å². The molecule has 0 unspecified atom stereocenters. The predicted molar refractivity (Wildman–Crippen MR) is 135 cm³/mol. The maximum atomic E-state index is 17.3. The van der Waals surface area contributed by atoms with Gasteiger partial charge >= 0.3 is 11.9 Å². The molecule has 1 saturated carbocycles. The number of ether oxygens (including phenoxy) is 3. The van der Waals surface area contributed by atoms with E-state index >= 15 is 4.39 Å². The van der Waals surface area contributed by atoms with Crippen molar-refractivity contribution in [3.63, 3.8) is 0 Å². The average Bonchev–Trinajstić information content (AvgIpc) is 3.71. The van der Waals surface area contributed by atoms with Crippen LogP contribution in [0.1, 0.15) is 36.8 Å². The van der Waals surface area contributed by atoms with Gasteiger partial charge in [-0.25, -0.2) is 13.6 Å². The lowest BCUT2D eigenvalue weighted by Crippen LogP contribution is -2.54. The van der Waals surface area contributed by atoms with Crippen LogP contribution < -0.4 is 4.74 Å². The van der Waals surface area contributed by atoms with Crippen molar-refractivity contribution < 1.29 is 32.6 Å². The van der Waals surface area contributed by atoms with E-state index < -0.39 is 35.4 Å². The van der Waals surface area contributed by atoms with Crippen molar-refractivity contribution in [1.29, 1.82) is 0 Å². The maximum Gasteiger partial charge on any atom is 0.348 e. The lowest BCUT2D eigenvalue weighted by molar-refractivity contribution is -0.177. The van der Waals surface area contributed by atoms with Crippen LogP contribution in [0.4, 0.5) is 8.78 Å². The highest BCUT2D eigenvalue weighted by Gasteiger charge is 2.60. The zero-order valence-corrected chi connectivity index (χ0v) is 21.2. The number of benzene rings is 3. The molecule has 0 bridgehead atoms. The molecule has 0 N–H and O–H groups in total. The predicted octanol–water partition coefficient (Wildman–Crippen LogP) is 6.82. The molecule has 8 heteroatoms. The zero-order chi connectivity index (χ0) is 26.6. The molecule has 1 fully saturated rings. The Labute approximate surface area is 219 Å². The average molecular weight is 529 g/mol. The molecule has 1 aliphatic carbocycles. The van der Waals surface area contributed by atoms with Gasteiger partial charge in [0.2, 0.25) is 0 Å². The SMILES string of the molecule is COC(=O)[C@](F)([C@@H](Cc1ccc(F)c(Oc2ccccc2)c1)OC(C)=O)[C@@H](c1ccc(Cl)cc1)C1CC1. The molecular weight excluding hydrogens is 502 g/mol. The normalized spacial score (nSPS) is 16.2. The number of hydrogen-bond donors (Lipinski definition) is 0. The fraction of sp³-hybridized carbons (Fsp3) is 0.310. The van der Waals surface area contributed by atoms with Crippen molar-refractivity contribution in [3.05, 3.63) is 94.8 Å². The first-order valence-electron chi connectivity index (χ1n) is 11.9. The van der Waals surface area contributed by atoms with Crippen LogP contribution in [-0.2, 0) is 25.5 Å². The number of hydrogen-bond acceptors (Lipinski definition) is 5. The van der Waals surface area contributed by atoms with Crippen LogP contribution in [0.25, 0.3) is 0 Å². The Hall–Kier alpha value is -3.45. The largest absolute Gasteiger partial charge is 0.467 e. The minimum absolute atomic E-state index is 0.0794. The summed E-state index contributed by atoms with van der Waals surface area (Å²) in [6, 6.07) is 19.2. The van der Waals surface area contributed by atoms with Gasteiger partial charge in [-0.3, -0.25) is 4.79 Å². The quantitative estimate of drug-likeness (QED) is 0.270. The minimum Gasteiger partial charge on any atom is -0.467 e. The van der Waals surface area contributed by atoms with Crippen LogP contribution in [0, 0.1) is 11.7 Å². The molecule has 0 amide bonds. The lowest BCUT2D eigenvalue weighted by Gasteiger charge is -2.37. The van der Waals surface area contributed by atoms with Crippen LogP contribution in [0.3, 0.4) is 0 Å². The van der Waals surface area contributed by atoms with Crippen molar-refractivity contribution in [2.24, 2.45) is 5.92 Å². The number of carbonyl (C=O) groups excluding carboxylic acids is 2. The van der Waals surface area contributed by atoms with E-state index in [1.165, 1.54) is 18.2 Å². The molecule has 0 heterocycles. The van der Waals surface area contributed by atoms with E-state index in [2.05, 4.69) is 0 Å². The molecule has 3 aromatic rings. The highest BCUT2D eigenvalue weighted by atomic mass is 35.5. The van der Waals surface area contributed by atoms with Crippen molar-refractivity contribution in [3.8, 4) is 11.5 Å². The number of rotatable bonds is 10. The van der Waals surface area contributed by atoms with Crippen LogP contribution in [-0.4, -0.2) is 30.8 Å². The minimum atomic E-state index is -2.72. The third-order valence-electron chi connectivity index (χ3n) is 6.44. The van der Waals surface area contributed by atoms with Gasteiger partial charge in [-0.05, 0) is 66.3 Å². The van der Waals surface area contributed by atoms with Crippen molar-refractivity contribution >= 4 is 23.5 Å². The standard InChI is InChI=1S/C29H27ClF2O5/c1-18(33)36-26(17-19-8-15-24(31)25(16-19)37-23-6-4-3-5-7-23)29(32,28(34)35-2)27(20-9-10-20)21-11-13-22(30)14-12-21/h3-8,11-16,20,26-27H,9-10,17H2,1-2H3/t26-,27-,29+/m1/s1. The van der Waals surface area contributed by atoms with E-state index in [9.17, 15) is 14.0 Å². The van der Waals surface area contributed by atoms with Crippen molar-refractivity contribution in [1.82, 2.24) is 0 Å². The zero-order valence-electron chi connectivity index (χ0n) is 20.5. The number of methoxy groups -OCH3 is 1. The number of para-hydroxylation sites is 1. The van der Waals surface area contributed by atoms with Gasteiger partial charge in [0.15, 0.2) is 17.7 Å². The molecule has 37 heavy (non-hydrogen) atoms.